The third-order valence-corrected chi connectivity index (χ3v) is 4.16. The van der Waals surface area contributed by atoms with Crippen LogP contribution in [0.3, 0.4) is 0 Å². The lowest BCUT2D eigenvalue weighted by Crippen LogP contribution is -2.08. The molecule has 1 heterocycles. The predicted molar refractivity (Wildman–Crippen MR) is 79.7 cm³/mol. The van der Waals surface area contributed by atoms with E-state index in [2.05, 4.69) is 42.4 Å². The lowest BCUT2D eigenvalue weighted by Gasteiger charge is -2.07. The van der Waals surface area contributed by atoms with Gasteiger partial charge in [-0.2, -0.15) is 0 Å². The van der Waals surface area contributed by atoms with Crippen LogP contribution in [0.2, 0.25) is 0 Å². The highest BCUT2D eigenvalue weighted by Crippen LogP contribution is 2.23. The van der Waals surface area contributed by atoms with Gasteiger partial charge in [-0.15, -0.1) is 0 Å². The maximum absolute atomic E-state index is 5.09. The third-order valence-electron chi connectivity index (χ3n) is 3.13. The molecule has 0 aromatic heterocycles. The van der Waals surface area contributed by atoms with Crippen molar-refractivity contribution < 1.29 is 4.74 Å². The molecule has 0 saturated carbocycles. The van der Waals surface area contributed by atoms with E-state index in [4.69, 9.17) is 4.74 Å². The minimum absolute atomic E-state index is 0.393. The number of nitrogens with zero attached hydrogens (tertiary/aromatic N) is 1. The molecule has 0 amide bonds. The number of hydrogen-bond donors (Lipinski definition) is 1. The SMILES string of the molecule is COCCC1CSC(Nc2ccc(C)c(C)c2)=N1. The van der Waals surface area contributed by atoms with Gasteiger partial charge in [-0.05, 0) is 43.5 Å². The molecule has 0 saturated heterocycles. The molecule has 2 rings (SSSR count). The third kappa shape index (κ3) is 3.50. The highest BCUT2D eigenvalue weighted by atomic mass is 32.2. The Morgan fingerprint density at radius 3 is 2.94 bits per heavy atom. The van der Waals surface area contributed by atoms with Gasteiger partial charge < -0.3 is 10.1 Å². The molecule has 1 aliphatic rings. The number of hydrogen-bond acceptors (Lipinski definition) is 4. The Morgan fingerprint density at radius 1 is 1.39 bits per heavy atom. The Labute approximate surface area is 113 Å². The van der Waals surface area contributed by atoms with E-state index >= 15 is 0 Å². The van der Waals surface area contributed by atoms with Crippen LogP contribution in [-0.4, -0.2) is 30.7 Å². The highest BCUT2D eigenvalue weighted by Gasteiger charge is 2.17. The van der Waals surface area contributed by atoms with Crippen molar-refractivity contribution in [1.82, 2.24) is 0 Å². The maximum Gasteiger partial charge on any atom is 0.161 e. The average molecular weight is 264 g/mol. The largest absolute Gasteiger partial charge is 0.385 e. The molecule has 1 aliphatic heterocycles. The Kier molecular flexibility index (Phi) is 4.66. The number of aliphatic imine (C=N–C) groups is 1. The molecule has 1 atom stereocenters. The van der Waals surface area contributed by atoms with Crippen molar-refractivity contribution in [2.45, 2.75) is 26.3 Å². The maximum atomic E-state index is 5.09. The second-order valence-corrected chi connectivity index (χ2v) is 5.61. The second kappa shape index (κ2) is 6.25. The summed E-state index contributed by atoms with van der Waals surface area (Å²) in [5, 5.41) is 4.41. The van der Waals surface area contributed by atoms with Crippen molar-refractivity contribution >= 4 is 22.6 Å². The molecular formula is C14H20N2OS. The first kappa shape index (κ1) is 13.4. The van der Waals surface area contributed by atoms with Crippen molar-refractivity contribution in [2.75, 3.05) is 24.8 Å². The lowest BCUT2D eigenvalue weighted by molar-refractivity contribution is 0.190. The molecule has 0 bridgehead atoms. The smallest absolute Gasteiger partial charge is 0.161 e. The number of aryl methyl sites for hydroxylation is 2. The Morgan fingerprint density at radius 2 is 2.22 bits per heavy atom. The van der Waals surface area contributed by atoms with E-state index in [-0.39, 0.29) is 0 Å². The summed E-state index contributed by atoms with van der Waals surface area (Å²) < 4.78 is 5.09. The molecule has 98 valence electrons. The normalized spacial score (nSPS) is 18.8. The Balaban J connectivity index is 1.95. The van der Waals surface area contributed by atoms with E-state index in [1.165, 1.54) is 11.1 Å². The number of nitrogens with one attached hydrogen (secondary N) is 1. The van der Waals surface area contributed by atoms with Crippen molar-refractivity contribution in [3.63, 3.8) is 0 Å². The van der Waals surface area contributed by atoms with E-state index in [0.29, 0.717) is 6.04 Å². The van der Waals surface area contributed by atoms with Crippen LogP contribution in [0.4, 0.5) is 5.69 Å². The summed E-state index contributed by atoms with van der Waals surface area (Å²) in [7, 11) is 1.74. The van der Waals surface area contributed by atoms with Gasteiger partial charge in [-0.25, -0.2) is 0 Å². The molecule has 0 fully saturated rings. The van der Waals surface area contributed by atoms with Crippen LogP contribution in [0.1, 0.15) is 17.5 Å². The fourth-order valence-corrected chi connectivity index (χ4v) is 2.83. The van der Waals surface area contributed by atoms with Gasteiger partial charge in [0, 0.05) is 25.2 Å². The van der Waals surface area contributed by atoms with Gasteiger partial charge in [-0.1, -0.05) is 17.8 Å². The van der Waals surface area contributed by atoms with Gasteiger partial charge in [0.15, 0.2) is 5.17 Å². The number of ether oxygens (including phenoxy) is 1. The van der Waals surface area contributed by atoms with Crippen LogP contribution in [0.5, 0.6) is 0 Å². The number of rotatable bonds is 4. The molecule has 1 N–H and O–H groups in total. The molecule has 1 aromatic rings. The van der Waals surface area contributed by atoms with Gasteiger partial charge in [-0.3, -0.25) is 4.99 Å². The molecule has 1 unspecified atom stereocenters. The van der Waals surface area contributed by atoms with Crippen LogP contribution in [0, 0.1) is 13.8 Å². The molecule has 0 spiro atoms. The van der Waals surface area contributed by atoms with Crippen LogP contribution in [-0.2, 0) is 4.74 Å². The van der Waals surface area contributed by atoms with Crippen molar-refractivity contribution in [3.05, 3.63) is 29.3 Å². The zero-order valence-electron chi connectivity index (χ0n) is 11.2. The summed E-state index contributed by atoms with van der Waals surface area (Å²) in [6.07, 6.45) is 1.00. The summed E-state index contributed by atoms with van der Waals surface area (Å²) in [4.78, 5) is 4.66. The molecule has 0 radical (unpaired) electrons. The molecule has 18 heavy (non-hydrogen) atoms. The molecule has 0 aliphatic carbocycles. The Bertz CT molecular complexity index is 445. The monoisotopic (exact) mass is 264 g/mol. The zero-order valence-corrected chi connectivity index (χ0v) is 12.0. The van der Waals surface area contributed by atoms with Gasteiger partial charge >= 0.3 is 0 Å². The van der Waals surface area contributed by atoms with Gasteiger partial charge in [0.2, 0.25) is 0 Å². The van der Waals surface area contributed by atoms with Crippen LogP contribution in [0.25, 0.3) is 0 Å². The van der Waals surface area contributed by atoms with Crippen molar-refractivity contribution in [2.24, 2.45) is 4.99 Å². The first-order chi connectivity index (χ1) is 8.69. The summed E-state index contributed by atoms with van der Waals surface area (Å²) >= 11 is 1.79. The van der Waals surface area contributed by atoms with Gasteiger partial charge in [0.05, 0.1) is 6.04 Å². The van der Waals surface area contributed by atoms with Crippen LogP contribution in [0.15, 0.2) is 23.2 Å². The lowest BCUT2D eigenvalue weighted by atomic mass is 10.1. The summed E-state index contributed by atoms with van der Waals surface area (Å²) in [6, 6.07) is 6.80. The second-order valence-electron chi connectivity index (χ2n) is 4.60. The Hall–Kier alpha value is -1.00. The zero-order chi connectivity index (χ0) is 13.0. The summed E-state index contributed by atoms with van der Waals surface area (Å²) in [6.45, 7) is 5.04. The minimum atomic E-state index is 0.393. The fraction of sp³-hybridized carbons (Fsp3) is 0.500. The van der Waals surface area contributed by atoms with E-state index in [0.717, 1.165) is 29.6 Å². The van der Waals surface area contributed by atoms with E-state index in [1.807, 2.05) is 0 Å². The number of amidine groups is 1. The summed E-state index contributed by atoms with van der Waals surface area (Å²) in [5.41, 5.74) is 3.75. The highest BCUT2D eigenvalue weighted by molar-refractivity contribution is 8.14. The van der Waals surface area contributed by atoms with E-state index in [1.54, 1.807) is 18.9 Å². The predicted octanol–water partition coefficient (Wildman–Crippen LogP) is 3.22. The first-order valence-corrected chi connectivity index (χ1v) is 7.21. The standard InChI is InChI=1S/C14H20N2OS/c1-10-4-5-12(8-11(10)2)15-14-16-13(9-18-14)6-7-17-3/h4-5,8,13H,6-7,9H2,1-3H3,(H,15,16). The van der Waals surface area contributed by atoms with Gasteiger partial charge in [0.1, 0.15) is 0 Å². The van der Waals surface area contributed by atoms with Crippen LogP contribution < -0.4 is 5.32 Å². The summed E-state index contributed by atoms with van der Waals surface area (Å²) in [5.74, 6) is 1.05. The number of anilines is 1. The average Bonchev–Trinajstić information content (AvgIpc) is 2.79. The van der Waals surface area contributed by atoms with E-state index in [9.17, 15) is 0 Å². The first-order valence-electron chi connectivity index (χ1n) is 6.23. The molecular weight excluding hydrogens is 244 g/mol. The molecule has 3 nitrogen and oxygen atoms in total. The fourth-order valence-electron chi connectivity index (χ4n) is 1.83. The molecule has 4 heteroatoms. The number of thioether (sulfide) groups is 1. The van der Waals surface area contributed by atoms with E-state index < -0.39 is 0 Å². The quantitative estimate of drug-likeness (QED) is 0.906. The van der Waals surface area contributed by atoms with Gasteiger partial charge in [0.25, 0.3) is 0 Å². The van der Waals surface area contributed by atoms with Crippen LogP contribution >= 0.6 is 11.8 Å². The molecule has 1 aromatic carbocycles. The van der Waals surface area contributed by atoms with Crippen molar-refractivity contribution in [1.29, 1.82) is 0 Å². The number of methoxy groups -OCH3 is 1. The number of benzene rings is 1. The minimum Gasteiger partial charge on any atom is -0.385 e. The topological polar surface area (TPSA) is 33.6 Å². The van der Waals surface area contributed by atoms with Crippen molar-refractivity contribution in [3.8, 4) is 0 Å².